The van der Waals surface area contributed by atoms with E-state index in [9.17, 15) is 0 Å². The van der Waals surface area contributed by atoms with Crippen molar-refractivity contribution in [3.63, 3.8) is 0 Å². The molecule has 10 heteroatoms. The van der Waals surface area contributed by atoms with Crippen molar-refractivity contribution in [3.8, 4) is 45.6 Å². The molecule has 0 aliphatic carbocycles. The molecule has 4 aromatic carbocycles. The Morgan fingerprint density at radius 1 is 0.333 bits per heavy atom. The van der Waals surface area contributed by atoms with Crippen molar-refractivity contribution in [2.45, 2.75) is 0 Å². The Morgan fingerprint density at radius 2 is 0.571 bits per heavy atom. The first-order valence-electron chi connectivity index (χ1n) is 13.0. The largest absolute Gasteiger partial charge is 0.324 e. The Bertz CT molecular complexity index is 2040. The fourth-order valence-corrected chi connectivity index (χ4v) is 5.59. The minimum absolute atomic E-state index is 0. The maximum atomic E-state index is 5.02. The van der Waals surface area contributed by atoms with E-state index in [4.69, 9.17) is 29.9 Å². The molecule has 0 fully saturated rings. The number of rotatable bonds is 0. The zero-order valence-corrected chi connectivity index (χ0v) is 23.5. The molecule has 9 rings (SSSR count). The van der Waals surface area contributed by atoms with Gasteiger partial charge in [0, 0.05) is 77.4 Å². The van der Waals surface area contributed by atoms with E-state index in [1.54, 1.807) is 0 Å². The van der Waals surface area contributed by atoms with Crippen LogP contribution in [0.2, 0.25) is 0 Å². The molecule has 0 unspecified atom stereocenters. The Hall–Kier alpha value is -4.75. The summed E-state index contributed by atoms with van der Waals surface area (Å²) in [5.41, 5.74) is 6.45. The van der Waals surface area contributed by atoms with E-state index in [-0.39, 0.29) is 33.6 Å². The SMILES string of the molecule is [Cu].[Ni].c1ccc2c(c1)-c1nc-2nc2[nH]c(nc3nc(nc4[nH]c(n1)c1ccccc41)-c1ccccc1-3)c1ccccc21. The molecule has 42 heavy (non-hydrogen) atoms. The quantitative estimate of drug-likeness (QED) is 0.176. The van der Waals surface area contributed by atoms with Crippen molar-refractivity contribution in [2.24, 2.45) is 0 Å². The standard InChI is InChI=1S/C32H18N8.Cu.Ni/c1-2-10-18-17(9-1)25-33-26(18)38-28-21-13-5-6-14-22(21)30(35-28)40-32-24-16-8-7-15-23(24)31(36-32)39-29-20-12-4-3-11-19(20)27(34-29)37-25;;/h1-16H,(H2,33,34,35,36,37,38,39,40);;. The molecule has 3 aromatic heterocycles. The summed E-state index contributed by atoms with van der Waals surface area (Å²) in [6, 6.07) is 32.2. The Balaban J connectivity index is 0.00000144. The second-order valence-electron chi connectivity index (χ2n) is 9.79. The van der Waals surface area contributed by atoms with E-state index in [1.165, 1.54) is 0 Å². The van der Waals surface area contributed by atoms with Crippen molar-refractivity contribution in [1.29, 1.82) is 0 Å². The molecule has 8 bridgehead atoms. The Kier molecular flexibility index (Phi) is 6.21. The summed E-state index contributed by atoms with van der Waals surface area (Å²) in [4.78, 5) is 36.8. The van der Waals surface area contributed by atoms with E-state index in [0.29, 0.717) is 45.9 Å². The molecule has 5 heterocycles. The average molecular weight is 637 g/mol. The smallest absolute Gasteiger partial charge is 0.164 e. The van der Waals surface area contributed by atoms with E-state index in [2.05, 4.69) is 9.97 Å². The second-order valence-corrected chi connectivity index (χ2v) is 9.79. The zero-order valence-electron chi connectivity index (χ0n) is 21.5. The maximum absolute atomic E-state index is 5.02. The molecule has 0 spiro atoms. The first-order valence-corrected chi connectivity index (χ1v) is 13.0. The minimum Gasteiger partial charge on any atom is -0.324 e. The van der Waals surface area contributed by atoms with Crippen molar-refractivity contribution in [2.75, 3.05) is 0 Å². The molecule has 207 valence electrons. The summed E-state index contributed by atoms with van der Waals surface area (Å²) in [5, 5.41) is 3.82. The van der Waals surface area contributed by atoms with Crippen LogP contribution in [-0.2, 0) is 33.6 Å². The van der Waals surface area contributed by atoms with E-state index >= 15 is 0 Å². The van der Waals surface area contributed by atoms with Crippen LogP contribution in [0, 0.1) is 0 Å². The average Bonchev–Trinajstić information content (AvgIpc) is 3.73. The summed E-state index contributed by atoms with van der Waals surface area (Å²) in [6.45, 7) is 0. The number of benzene rings is 4. The minimum atomic E-state index is 0. The first kappa shape index (κ1) is 26.2. The number of aromatic nitrogens is 8. The fraction of sp³-hybridized carbons (Fsp3) is 0. The first-order chi connectivity index (χ1) is 19.8. The van der Waals surface area contributed by atoms with Crippen LogP contribution in [0.5, 0.6) is 0 Å². The summed E-state index contributed by atoms with van der Waals surface area (Å²) < 4.78 is 0. The van der Waals surface area contributed by atoms with Gasteiger partial charge in [-0.05, 0) is 0 Å². The number of nitrogens with one attached hydrogen (secondary N) is 2. The molecule has 2 aliphatic rings. The van der Waals surface area contributed by atoms with Gasteiger partial charge in [0.1, 0.15) is 22.6 Å². The van der Waals surface area contributed by atoms with Gasteiger partial charge < -0.3 is 9.97 Å². The second kappa shape index (κ2) is 9.96. The van der Waals surface area contributed by atoms with Gasteiger partial charge in [-0.1, -0.05) is 97.1 Å². The van der Waals surface area contributed by atoms with Gasteiger partial charge in [-0.15, -0.1) is 0 Å². The molecule has 1 radical (unpaired) electrons. The van der Waals surface area contributed by atoms with Crippen LogP contribution in [0.1, 0.15) is 0 Å². The van der Waals surface area contributed by atoms with Crippen molar-refractivity contribution in [1.82, 2.24) is 39.9 Å². The van der Waals surface area contributed by atoms with Crippen molar-refractivity contribution in [3.05, 3.63) is 97.1 Å². The van der Waals surface area contributed by atoms with Gasteiger partial charge in [0.25, 0.3) is 0 Å². The predicted octanol–water partition coefficient (Wildman–Crippen LogP) is 6.86. The van der Waals surface area contributed by atoms with Crippen molar-refractivity contribution < 1.29 is 33.6 Å². The summed E-state index contributed by atoms with van der Waals surface area (Å²) in [6.07, 6.45) is 0. The van der Waals surface area contributed by atoms with Crippen LogP contribution < -0.4 is 0 Å². The summed E-state index contributed by atoms with van der Waals surface area (Å²) in [7, 11) is 0. The number of hydrogen-bond acceptors (Lipinski definition) is 6. The Morgan fingerprint density at radius 3 is 0.833 bits per heavy atom. The third kappa shape index (κ3) is 3.88. The molecular weight excluding hydrogens is 619 g/mol. The molecule has 8 nitrogen and oxygen atoms in total. The zero-order chi connectivity index (χ0) is 26.2. The van der Waals surface area contributed by atoms with Gasteiger partial charge in [-0.25, -0.2) is 29.9 Å². The molecule has 7 aromatic rings. The van der Waals surface area contributed by atoms with Gasteiger partial charge in [-0.3, -0.25) is 0 Å². The molecular formula is C32H18CuN8Ni. The molecule has 2 N–H and O–H groups in total. The molecule has 0 saturated carbocycles. The van der Waals surface area contributed by atoms with Gasteiger partial charge in [0.05, 0.1) is 0 Å². The third-order valence-electron chi connectivity index (χ3n) is 7.46. The van der Waals surface area contributed by atoms with Crippen LogP contribution in [0.15, 0.2) is 97.1 Å². The van der Waals surface area contributed by atoms with E-state index < -0.39 is 0 Å². The summed E-state index contributed by atoms with van der Waals surface area (Å²) in [5.74, 6) is 2.39. The van der Waals surface area contributed by atoms with Crippen LogP contribution in [0.25, 0.3) is 89.7 Å². The normalized spacial score (nSPS) is 11.4. The van der Waals surface area contributed by atoms with Crippen LogP contribution in [0.4, 0.5) is 0 Å². The predicted molar refractivity (Wildman–Crippen MR) is 156 cm³/mol. The van der Waals surface area contributed by atoms with Gasteiger partial charge in [0.2, 0.25) is 0 Å². The molecule has 0 atom stereocenters. The molecule has 2 aliphatic heterocycles. The van der Waals surface area contributed by atoms with Crippen LogP contribution >= 0.6 is 0 Å². The number of aromatic amines is 2. The van der Waals surface area contributed by atoms with Crippen molar-refractivity contribution >= 4 is 44.1 Å². The number of nitrogens with zero attached hydrogens (tertiary/aromatic N) is 6. The maximum Gasteiger partial charge on any atom is 0.164 e. The number of hydrogen-bond donors (Lipinski definition) is 2. The number of H-pyrrole nitrogens is 2. The van der Waals surface area contributed by atoms with E-state index in [1.807, 2.05) is 97.1 Å². The Labute approximate surface area is 259 Å². The van der Waals surface area contributed by atoms with Crippen LogP contribution in [-0.4, -0.2) is 39.9 Å². The monoisotopic (exact) mass is 635 g/mol. The fourth-order valence-electron chi connectivity index (χ4n) is 5.59. The topological polar surface area (TPSA) is 109 Å². The van der Waals surface area contributed by atoms with Gasteiger partial charge in [-0.2, -0.15) is 0 Å². The molecule has 0 saturated heterocycles. The van der Waals surface area contributed by atoms with Crippen LogP contribution in [0.3, 0.4) is 0 Å². The molecule has 0 amide bonds. The van der Waals surface area contributed by atoms with Gasteiger partial charge in [0.15, 0.2) is 23.3 Å². The van der Waals surface area contributed by atoms with Gasteiger partial charge >= 0.3 is 0 Å². The van der Waals surface area contributed by atoms with E-state index in [0.717, 1.165) is 43.8 Å². The summed E-state index contributed by atoms with van der Waals surface area (Å²) >= 11 is 0. The third-order valence-corrected chi connectivity index (χ3v) is 7.46. The number of fused-ring (bicyclic) bond motifs is 20.